The first-order valence-corrected chi connectivity index (χ1v) is 9.54. The maximum Gasteiger partial charge on any atom is 0.434 e. The summed E-state index contributed by atoms with van der Waals surface area (Å²) in [4.78, 5) is 23.8. The van der Waals surface area contributed by atoms with Crippen LogP contribution in [-0.2, 0) is 17.3 Å². The number of fused-ring (bicyclic) bond motifs is 1. The molecule has 0 spiro atoms. The number of aromatic nitrogens is 2. The lowest BCUT2D eigenvalue weighted by Gasteiger charge is -2.35. The predicted octanol–water partition coefficient (Wildman–Crippen LogP) is 3.44. The molecule has 1 aromatic heterocycles. The fourth-order valence-corrected chi connectivity index (χ4v) is 3.79. The summed E-state index contributed by atoms with van der Waals surface area (Å²) in [6, 6.07) is 7.49. The van der Waals surface area contributed by atoms with Crippen LogP contribution in [0.1, 0.15) is 35.0 Å². The molecule has 6 nitrogen and oxygen atoms in total. The van der Waals surface area contributed by atoms with E-state index >= 15 is 0 Å². The molecule has 1 atom stereocenters. The zero-order valence-corrected chi connectivity index (χ0v) is 15.9. The third-order valence-electron chi connectivity index (χ3n) is 5.31. The quantitative estimate of drug-likeness (QED) is 0.765. The van der Waals surface area contributed by atoms with E-state index in [4.69, 9.17) is 4.74 Å². The minimum atomic E-state index is -4.77. The highest BCUT2D eigenvalue weighted by Crippen LogP contribution is 2.37. The number of carbonyl (C=O) groups is 1. The molecule has 4 rings (SSSR count). The Kier molecular flexibility index (Phi) is 5.16. The average Bonchev–Trinajstić information content (AvgIpc) is 2.73. The number of halogens is 3. The molecule has 1 amide bonds. The lowest BCUT2D eigenvalue weighted by atomic mass is 9.97. The van der Waals surface area contributed by atoms with Crippen LogP contribution in [0.3, 0.4) is 0 Å². The number of alkyl halides is 3. The number of para-hydroxylation sites is 1. The number of morpholine rings is 1. The lowest BCUT2D eigenvalue weighted by molar-refractivity contribution is -0.141. The summed E-state index contributed by atoms with van der Waals surface area (Å²) in [5, 5.41) is 0. The van der Waals surface area contributed by atoms with Gasteiger partial charge in [-0.1, -0.05) is 18.2 Å². The van der Waals surface area contributed by atoms with Gasteiger partial charge in [0.05, 0.1) is 18.8 Å². The van der Waals surface area contributed by atoms with Crippen molar-refractivity contribution in [3.63, 3.8) is 0 Å². The average molecular weight is 406 g/mol. The first-order valence-electron chi connectivity index (χ1n) is 9.54. The summed E-state index contributed by atoms with van der Waals surface area (Å²) < 4.78 is 46.6. The van der Waals surface area contributed by atoms with Crippen molar-refractivity contribution in [3.8, 4) is 0 Å². The largest absolute Gasteiger partial charge is 0.434 e. The van der Waals surface area contributed by atoms with Gasteiger partial charge in [-0.05, 0) is 31.4 Å². The fourth-order valence-electron chi connectivity index (χ4n) is 3.79. The Morgan fingerprint density at radius 3 is 2.66 bits per heavy atom. The van der Waals surface area contributed by atoms with Crippen LogP contribution in [0.5, 0.6) is 0 Å². The summed E-state index contributed by atoms with van der Waals surface area (Å²) in [5.74, 6) is -0.769. The van der Waals surface area contributed by atoms with Crippen molar-refractivity contribution in [2.45, 2.75) is 32.0 Å². The monoisotopic (exact) mass is 406 g/mol. The summed E-state index contributed by atoms with van der Waals surface area (Å²) >= 11 is 0. The smallest absolute Gasteiger partial charge is 0.378 e. The van der Waals surface area contributed by atoms with Gasteiger partial charge in [-0.2, -0.15) is 13.2 Å². The van der Waals surface area contributed by atoms with Gasteiger partial charge >= 0.3 is 6.18 Å². The minimum absolute atomic E-state index is 0.0458. The maximum atomic E-state index is 13.8. The van der Waals surface area contributed by atoms with Crippen LogP contribution in [-0.4, -0.2) is 53.1 Å². The Morgan fingerprint density at radius 2 is 1.93 bits per heavy atom. The van der Waals surface area contributed by atoms with E-state index in [1.54, 1.807) is 4.90 Å². The van der Waals surface area contributed by atoms with Crippen molar-refractivity contribution in [2.75, 3.05) is 31.2 Å². The van der Waals surface area contributed by atoms with Crippen LogP contribution in [0.2, 0.25) is 0 Å². The topological polar surface area (TPSA) is 58.6 Å². The van der Waals surface area contributed by atoms with Gasteiger partial charge in [-0.15, -0.1) is 0 Å². The lowest BCUT2D eigenvalue weighted by Crippen LogP contribution is -2.42. The Bertz CT molecular complexity index is 913. The van der Waals surface area contributed by atoms with E-state index in [0.29, 0.717) is 13.2 Å². The highest BCUT2D eigenvalue weighted by atomic mass is 19.4. The number of nitrogens with zero attached hydrogens (tertiary/aromatic N) is 4. The SMILES string of the molecule is CC1CCc2ccccc2N1c1ncc(C(=O)N2CCOCC2)c(C(F)(F)F)n1. The van der Waals surface area contributed by atoms with Crippen LogP contribution >= 0.6 is 0 Å². The van der Waals surface area contributed by atoms with Crippen molar-refractivity contribution in [3.05, 3.63) is 47.3 Å². The van der Waals surface area contributed by atoms with Gasteiger partial charge in [0.2, 0.25) is 5.95 Å². The second-order valence-electron chi connectivity index (χ2n) is 7.22. The molecule has 0 bridgehead atoms. The number of amides is 1. The van der Waals surface area contributed by atoms with Crippen molar-refractivity contribution in [1.29, 1.82) is 0 Å². The number of carbonyl (C=O) groups excluding carboxylic acids is 1. The number of benzene rings is 1. The van der Waals surface area contributed by atoms with Gasteiger partial charge in [0, 0.05) is 31.0 Å². The van der Waals surface area contributed by atoms with Crippen molar-refractivity contribution in [1.82, 2.24) is 14.9 Å². The van der Waals surface area contributed by atoms with Gasteiger partial charge in [0.15, 0.2) is 5.69 Å². The van der Waals surface area contributed by atoms with Gasteiger partial charge in [-0.3, -0.25) is 4.79 Å². The van der Waals surface area contributed by atoms with E-state index in [-0.39, 0.29) is 25.1 Å². The number of anilines is 2. The molecule has 0 N–H and O–H groups in total. The van der Waals surface area contributed by atoms with E-state index in [2.05, 4.69) is 9.97 Å². The Hall–Kier alpha value is -2.68. The van der Waals surface area contributed by atoms with Crippen LogP contribution in [0.25, 0.3) is 0 Å². The molecule has 154 valence electrons. The van der Waals surface area contributed by atoms with E-state index in [0.717, 1.165) is 30.3 Å². The van der Waals surface area contributed by atoms with E-state index in [1.807, 2.05) is 31.2 Å². The second kappa shape index (κ2) is 7.62. The number of hydrogen-bond donors (Lipinski definition) is 0. The van der Waals surface area contributed by atoms with E-state index in [1.165, 1.54) is 4.90 Å². The number of rotatable bonds is 2. The number of aryl methyl sites for hydroxylation is 1. The minimum Gasteiger partial charge on any atom is -0.378 e. The normalized spacial score (nSPS) is 19.8. The van der Waals surface area contributed by atoms with Gasteiger partial charge in [0.1, 0.15) is 0 Å². The van der Waals surface area contributed by atoms with Gasteiger partial charge < -0.3 is 14.5 Å². The van der Waals surface area contributed by atoms with Crippen molar-refractivity contribution >= 4 is 17.5 Å². The Labute approximate surface area is 166 Å². The molecule has 0 aliphatic carbocycles. The summed E-state index contributed by atoms with van der Waals surface area (Å²) in [6.07, 6.45) is -2.15. The molecule has 2 aliphatic heterocycles. The molecule has 2 aliphatic rings. The molecule has 3 heterocycles. The fraction of sp³-hybridized carbons (Fsp3) is 0.450. The van der Waals surface area contributed by atoms with E-state index in [9.17, 15) is 18.0 Å². The summed E-state index contributed by atoms with van der Waals surface area (Å²) in [7, 11) is 0. The molecular weight excluding hydrogens is 385 g/mol. The van der Waals surface area contributed by atoms with Gasteiger partial charge in [0.25, 0.3) is 5.91 Å². The standard InChI is InChI=1S/C20H21F3N4O2/c1-13-6-7-14-4-2-3-5-16(14)27(13)19-24-12-15(17(25-19)20(21,22)23)18(28)26-8-10-29-11-9-26/h2-5,12-13H,6-11H2,1H3. The summed E-state index contributed by atoms with van der Waals surface area (Å²) in [6.45, 7) is 3.02. The Balaban J connectivity index is 1.76. The van der Waals surface area contributed by atoms with Crippen molar-refractivity contribution in [2.24, 2.45) is 0 Å². The first kappa shape index (κ1) is 19.6. The molecule has 1 aromatic carbocycles. The molecule has 0 radical (unpaired) electrons. The number of ether oxygens (including phenoxy) is 1. The molecule has 0 saturated carbocycles. The van der Waals surface area contributed by atoms with Crippen molar-refractivity contribution < 1.29 is 22.7 Å². The van der Waals surface area contributed by atoms with Gasteiger partial charge in [-0.25, -0.2) is 9.97 Å². The molecule has 29 heavy (non-hydrogen) atoms. The molecule has 9 heteroatoms. The molecular formula is C20H21F3N4O2. The zero-order chi connectivity index (χ0) is 20.6. The molecule has 1 fully saturated rings. The van der Waals surface area contributed by atoms with E-state index < -0.39 is 23.3 Å². The Morgan fingerprint density at radius 1 is 1.21 bits per heavy atom. The summed E-state index contributed by atoms with van der Waals surface area (Å²) in [5.41, 5.74) is 0.109. The van der Waals surface area contributed by atoms with Crippen LogP contribution in [0.4, 0.5) is 24.8 Å². The second-order valence-corrected chi connectivity index (χ2v) is 7.22. The molecule has 1 saturated heterocycles. The van der Waals surface area contributed by atoms with Crippen LogP contribution in [0, 0.1) is 0 Å². The third kappa shape index (κ3) is 3.78. The predicted molar refractivity (Wildman–Crippen MR) is 100 cm³/mol. The molecule has 2 aromatic rings. The van der Waals surface area contributed by atoms with Crippen LogP contribution < -0.4 is 4.90 Å². The van der Waals surface area contributed by atoms with Crippen LogP contribution in [0.15, 0.2) is 30.5 Å². The maximum absolute atomic E-state index is 13.8. The number of hydrogen-bond acceptors (Lipinski definition) is 5. The molecule has 1 unspecified atom stereocenters. The zero-order valence-electron chi connectivity index (χ0n) is 15.9. The third-order valence-corrected chi connectivity index (χ3v) is 5.31. The highest BCUT2D eigenvalue weighted by Gasteiger charge is 2.40. The highest BCUT2D eigenvalue weighted by molar-refractivity contribution is 5.95. The first-order chi connectivity index (χ1) is 13.9.